The molecular formula is C15H23ClN4. The van der Waals surface area contributed by atoms with Crippen LogP contribution in [-0.4, -0.2) is 43.0 Å². The Hall–Kier alpha value is -1.26. The van der Waals surface area contributed by atoms with Crippen LogP contribution in [0.15, 0.2) is 18.2 Å². The van der Waals surface area contributed by atoms with Crippen LogP contribution >= 0.6 is 11.6 Å². The number of rotatable bonds is 5. The number of halogens is 1. The van der Waals surface area contributed by atoms with Crippen molar-refractivity contribution in [1.29, 1.82) is 5.41 Å². The van der Waals surface area contributed by atoms with Gasteiger partial charge in [-0.2, -0.15) is 0 Å². The Morgan fingerprint density at radius 3 is 2.70 bits per heavy atom. The summed E-state index contributed by atoms with van der Waals surface area (Å²) in [6.07, 6.45) is 1.17. The first kappa shape index (κ1) is 15.1. The zero-order chi connectivity index (χ0) is 14.7. The molecule has 1 heterocycles. The smallest absolute Gasteiger partial charge is 0.122 e. The Morgan fingerprint density at radius 1 is 1.45 bits per heavy atom. The molecule has 1 aromatic carbocycles. The fourth-order valence-electron chi connectivity index (χ4n) is 2.93. The number of nitrogen functional groups attached to an aromatic ring is 1. The molecule has 3 N–H and O–H groups in total. The second kappa shape index (κ2) is 6.46. The number of likely N-dealkylation sites (N-methyl/N-ethyl adjacent to an activating group) is 1. The van der Waals surface area contributed by atoms with Crippen LogP contribution in [0.5, 0.6) is 0 Å². The normalized spacial score (nSPS) is 18.8. The van der Waals surface area contributed by atoms with Crippen molar-refractivity contribution in [3.8, 4) is 0 Å². The SMILES string of the molecule is CCN(CC)C1CCN(c2ccc(C(=N)N)cc2Cl)C1. The number of benzene rings is 1. The number of hydrogen-bond donors (Lipinski definition) is 2. The van der Waals surface area contributed by atoms with Gasteiger partial charge in [0.25, 0.3) is 0 Å². The maximum absolute atomic E-state index is 7.45. The quantitative estimate of drug-likeness (QED) is 0.648. The van der Waals surface area contributed by atoms with Crippen LogP contribution in [-0.2, 0) is 0 Å². The molecule has 0 saturated carbocycles. The van der Waals surface area contributed by atoms with Crippen LogP contribution in [0.3, 0.4) is 0 Å². The molecule has 0 bridgehead atoms. The average Bonchev–Trinajstić information content (AvgIpc) is 2.89. The van der Waals surface area contributed by atoms with E-state index in [1.807, 2.05) is 12.1 Å². The van der Waals surface area contributed by atoms with E-state index in [0.717, 1.165) is 31.9 Å². The first-order valence-corrected chi connectivity index (χ1v) is 7.57. The molecule has 0 spiro atoms. The van der Waals surface area contributed by atoms with Crippen LogP contribution in [0.2, 0.25) is 5.02 Å². The highest BCUT2D eigenvalue weighted by Crippen LogP contribution is 2.30. The molecule has 0 aliphatic carbocycles. The van der Waals surface area contributed by atoms with Gasteiger partial charge >= 0.3 is 0 Å². The van der Waals surface area contributed by atoms with Crippen LogP contribution in [0.25, 0.3) is 0 Å². The number of nitrogens with zero attached hydrogens (tertiary/aromatic N) is 2. The van der Waals surface area contributed by atoms with Crippen molar-refractivity contribution in [2.45, 2.75) is 26.3 Å². The van der Waals surface area contributed by atoms with Crippen LogP contribution < -0.4 is 10.6 Å². The third kappa shape index (κ3) is 3.07. The molecule has 0 amide bonds. The Labute approximate surface area is 126 Å². The molecule has 1 fully saturated rings. The van der Waals surface area contributed by atoms with E-state index in [4.69, 9.17) is 22.7 Å². The van der Waals surface area contributed by atoms with Gasteiger partial charge in [0.1, 0.15) is 5.84 Å². The van der Waals surface area contributed by atoms with E-state index >= 15 is 0 Å². The standard InChI is InChI=1S/C15H23ClN4/c1-3-19(4-2)12-7-8-20(10-12)14-6-5-11(15(17)18)9-13(14)16/h5-6,9,12H,3-4,7-8,10H2,1-2H3,(H3,17,18). The fourth-order valence-corrected chi connectivity index (χ4v) is 3.23. The third-order valence-electron chi connectivity index (χ3n) is 4.09. The maximum atomic E-state index is 7.45. The number of anilines is 1. The topological polar surface area (TPSA) is 56.4 Å². The monoisotopic (exact) mass is 294 g/mol. The third-order valence-corrected chi connectivity index (χ3v) is 4.39. The summed E-state index contributed by atoms with van der Waals surface area (Å²) >= 11 is 6.34. The lowest BCUT2D eigenvalue weighted by molar-refractivity contribution is 0.232. The Kier molecular flexibility index (Phi) is 4.89. The summed E-state index contributed by atoms with van der Waals surface area (Å²) in [4.78, 5) is 4.83. The predicted octanol–water partition coefficient (Wildman–Crippen LogP) is 2.54. The lowest BCUT2D eigenvalue weighted by Crippen LogP contribution is -2.37. The zero-order valence-corrected chi connectivity index (χ0v) is 13.0. The first-order valence-electron chi connectivity index (χ1n) is 7.19. The highest BCUT2D eigenvalue weighted by Gasteiger charge is 2.27. The van der Waals surface area contributed by atoms with Crippen molar-refractivity contribution in [2.24, 2.45) is 5.73 Å². The van der Waals surface area contributed by atoms with Gasteiger partial charge in [-0.3, -0.25) is 10.3 Å². The molecule has 4 nitrogen and oxygen atoms in total. The molecule has 1 aliphatic rings. The Bertz CT molecular complexity index is 485. The number of hydrogen-bond acceptors (Lipinski definition) is 3. The molecule has 1 unspecified atom stereocenters. The van der Waals surface area contributed by atoms with Gasteiger partial charge in [-0.15, -0.1) is 0 Å². The van der Waals surface area contributed by atoms with E-state index in [-0.39, 0.29) is 5.84 Å². The maximum Gasteiger partial charge on any atom is 0.122 e. The van der Waals surface area contributed by atoms with Crippen molar-refractivity contribution < 1.29 is 0 Å². The summed E-state index contributed by atoms with van der Waals surface area (Å²) in [7, 11) is 0. The second-order valence-corrected chi connectivity index (χ2v) is 5.60. The summed E-state index contributed by atoms with van der Waals surface area (Å²) < 4.78 is 0. The Balaban J connectivity index is 2.12. The van der Waals surface area contributed by atoms with E-state index < -0.39 is 0 Å². The van der Waals surface area contributed by atoms with Crippen molar-refractivity contribution in [3.63, 3.8) is 0 Å². The Morgan fingerprint density at radius 2 is 2.15 bits per heavy atom. The van der Waals surface area contributed by atoms with Crippen molar-refractivity contribution in [2.75, 3.05) is 31.1 Å². The van der Waals surface area contributed by atoms with Crippen LogP contribution in [0, 0.1) is 5.41 Å². The molecule has 1 atom stereocenters. The highest BCUT2D eigenvalue weighted by atomic mass is 35.5. The van der Waals surface area contributed by atoms with Gasteiger partial charge in [-0.1, -0.05) is 25.4 Å². The van der Waals surface area contributed by atoms with Gasteiger partial charge in [-0.05, 0) is 37.7 Å². The number of nitrogens with one attached hydrogen (secondary N) is 1. The first-order chi connectivity index (χ1) is 9.56. The van der Waals surface area contributed by atoms with Crippen LogP contribution in [0.4, 0.5) is 5.69 Å². The molecule has 0 radical (unpaired) electrons. The van der Waals surface area contributed by atoms with Crippen LogP contribution in [0.1, 0.15) is 25.8 Å². The lowest BCUT2D eigenvalue weighted by Gasteiger charge is -2.27. The molecule has 2 rings (SSSR count). The summed E-state index contributed by atoms with van der Waals surface area (Å²) in [5, 5.41) is 8.13. The van der Waals surface area contributed by atoms with Gasteiger partial charge in [-0.25, -0.2) is 0 Å². The lowest BCUT2D eigenvalue weighted by atomic mass is 10.2. The molecule has 5 heteroatoms. The molecule has 1 aromatic rings. The highest BCUT2D eigenvalue weighted by molar-refractivity contribution is 6.33. The largest absolute Gasteiger partial charge is 0.384 e. The van der Waals surface area contributed by atoms with Gasteiger partial charge in [0.05, 0.1) is 10.7 Å². The van der Waals surface area contributed by atoms with Crippen molar-refractivity contribution in [1.82, 2.24) is 4.90 Å². The van der Waals surface area contributed by atoms with Gasteiger partial charge in [0.2, 0.25) is 0 Å². The number of amidine groups is 1. The molecule has 1 saturated heterocycles. The molecule has 20 heavy (non-hydrogen) atoms. The zero-order valence-electron chi connectivity index (χ0n) is 12.2. The van der Waals surface area contributed by atoms with E-state index in [1.54, 1.807) is 6.07 Å². The van der Waals surface area contributed by atoms with Gasteiger partial charge in [0.15, 0.2) is 0 Å². The second-order valence-electron chi connectivity index (χ2n) is 5.19. The van der Waals surface area contributed by atoms with Gasteiger partial charge < -0.3 is 10.6 Å². The average molecular weight is 295 g/mol. The summed E-state index contributed by atoms with van der Waals surface area (Å²) in [5.74, 6) is 0.0564. The summed E-state index contributed by atoms with van der Waals surface area (Å²) in [5.41, 5.74) is 7.21. The fraction of sp³-hybridized carbons (Fsp3) is 0.533. The molecule has 0 aromatic heterocycles. The van der Waals surface area contributed by atoms with E-state index in [1.165, 1.54) is 6.42 Å². The molecule has 1 aliphatic heterocycles. The minimum atomic E-state index is 0.0564. The van der Waals surface area contributed by atoms with Crippen molar-refractivity contribution >= 4 is 23.1 Å². The van der Waals surface area contributed by atoms with Crippen molar-refractivity contribution in [3.05, 3.63) is 28.8 Å². The number of nitrogens with two attached hydrogens (primary N) is 1. The summed E-state index contributed by atoms with van der Waals surface area (Å²) in [6.45, 7) is 8.64. The van der Waals surface area contributed by atoms with E-state index in [9.17, 15) is 0 Å². The molecule has 110 valence electrons. The van der Waals surface area contributed by atoms with E-state index in [0.29, 0.717) is 16.6 Å². The van der Waals surface area contributed by atoms with E-state index in [2.05, 4.69) is 23.6 Å². The molecular weight excluding hydrogens is 272 g/mol. The predicted molar refractivity (Wildman–Crippen MR) is 86.0 cm³/mol. The minimum absolute atomic E-state index is 0.0564. The summed E-state index contributed by atoms with van der Waals surface area (Å²) in [6, 6.07) is 6.23. The van der Waals surface area contributed by atoms with Gasteiger partial charge in [0, 0.05) is 24.7 Å². The minimum Gasteiger partial charge on any atom is -0.384 e.